The first kappa shape index (κ1) is 23.7. The van der Waals surface area contributed by atoms with Gasteiger partial charge < -0.3 is 10.2 Å². The van der Waals surface area contributed by atoms with Gasteiger partial charge in [-0.05, 0) is 45.2 Å². The number of benzene rings is 4. The zero-order valence-electron chi connectivity index (χ0n) is 20.0. The van der Waals surface area contributed by atoms with Gasteiger partial charge in [-0.1, -0.05) is 106 Å². The number of anilines is 1. The van der Waals surface area contributed by atoms with Crippen LogP contribution in [0.1, 0.15) is 42.3 Å². The van der Waals surface area contributed by atoms with Crippen LogP contribution in [0.25, 0.3) is 0 Å². The molecule has 0 saturated carbocycles. The Morgan fingerprint density at radius 1 is 0.706 bits per heavy atom. The van der Waals surface area contributed by atoms with Gasteiger partial charge in [0.15, 0.2) is 5.78 Å². The van der Waals surface area contributed by atoms with E-state index in [4.69, 9.17) is 10.2 Å². The number of rotatable bonds is 7. The molecule has 0 fully saturated rings. The third-order valence-corrected chi connectivity index (χ3v) is 11.2. The van der Waals surface area contributed by atoms with Crippen molar-refractivity contribution in [3.63, 3.8) is 0 Å². The first-order chi connectivity index (χ1) is 16.3. The Kier molecular flexibility index (Phi) is 6.82. The highest BCUT2D eigenvalue weighted by atomic mass is 28.4. The van der Waals surface area contributed by atoms with E-state index in [2.05, 4.69) is 69.3 Å². The second-order valence-corrected chi connectivity index (χ2v) is 13.9. The molecular formula is C30H31NO2Si. The van der Waals surface area contributed by atoms with E-state index in [1.165, 1.54) is 10.4 Å². The molecule has 0 bridgehead atoms. The van der Waals surface area contributed by atoms with Gasteiger partial charge >= 0.3 is 0 Å². The summed E-state index contributed by atoms with van der Waals surface area (Å²) in [4.78, 5) is 12.8. The lowest BCUT2D eigenvalue weighted by atomic mass is 10.0. The number of carbonyl (C=O) groups is 1. The molecule has 0 atom stereocenters. The number of nitrogen functional groups attached to an aromatic ring is 1. The molecule has 2 N–H and O–H groups in total. The fourth-order valence-corrected chi connectivity index (χ4v) is 9.05. The van der Waals surface area contributed by atoms with Gasteiger partial charge in [-0.15, -0.1) is 0 Å². The molecule has 4 heteroatoms. The lowest BCUT2D eigenvalue weighted by Crippen LogP contribution is -2.66. The Labute approximate surface area is 203 Å². The smallest absolute Gasteiger partial charge is 0.261 e. The summed E-state index contributed by atoms with van der Waals surface area (Å²) in [6, 6.07) is 36.0. The van der Waals surface area contributed by atoms with Gasteiger partial charge in [0.25, 0.3) is 8.32 Å². The van der Waals surface area contributed by atoms with E-state index in [0.29, 0.717) is 23.4 Å². The molecule has 0 unspecified atom stereocenters. The van der Waals surface area contributed by atoms with Crippen LogP contribution in [0.4, 0.5) is 5.69 Å². The minimum Gasteiger partial charge on any atom is -0.403 e. The first-order valence-electron chi connectivity index (χ1n) is 11.6. The van der Waals surface area contributed by atoms with Gasteiger partial charge in [-0.2, -0.15) is 0 Å². The van der Waals surface area contributed by atoms with Crippen molar-refractivity contribution in [2.45, 2.75) is 32.4 Å². The lowest BCUT2D eigenvalue weighted by molar-refractivity contribution is 0.103. The quantitative estimate of drug-likeness (QED) is 0.220. The summed E-state index contributed by atoms with van der Waals surface area (Å²) < 4.78 is 6.99. The Morgan fingerprint density at radius 3 is 1.59 bits per heavy atom. The van der Waals surface area contributed by atoms with Crippen molar-refractivity contribution in [1.29, 1.82) is 0 Å². The molecule has 4 rings (SSSR count). The standard InChI is InChI=1S/C30H31NO2Si/c1-30(2,3)34(27-10-6-4-7-11-27,28-12-8-5-9-13-28)33-22-23-14-16-24(17-15-23)29(32)25-18-20-26(31)21-19-25/h4-21H,22,31H2,1-3H3. The van der Waals surface area contributed by atoms with Crippen molar-refractivity contribution in [2.75, 3.05) is 5.73 Å². The van der Waals surface area contributed by atoms with Crippen LogP contribution in [0.5, 0.6) is 0 Å². The van der Waals surface area contributed by atoms with E-state index in [-0.39, 0.29) is 10.8 Å². The van der Waals surface area contributed by atoms with E-state index >= 15 is 0 Å². The summed E-state index contributed by atoms with van der Waals surface area (Å²) in [7, 11) is -2.60. The van der Waals surface area contributed by atoms with Gasteiger partial charge in [0.05, 0.1) is 6.61 Å². The van der Waals surface area contributed by atoms with E-state index in [1.807, 2.05) is 36.4 Å². The van der Waals surface area contributed by atoms with Gasteiger partial charge in [0.1, 0.15) is 0 Å². The topological polar surface area (TPSA) is 52.3 Å². The number of ketones is 1. The molecule has 3 nitrogen and oxygen atoms in total. The summed E-state index contributed by atoms with van der Waals surface area (Å²) in [5, 5.41) is 2.42. The average Bonchev–Trinajstić information content (AvgIpc) is 2.85. The van der Waals surface area contributed by atoms with Gasteiger partial charge in [-0.25, -0.2) is 0 Å². The minimum absolute atomic E-state index is 0.0144. The molecule has 4 aromatic carbocycles. The zero-order chi connectivity index (χ0) is 24.2. The Morgan fingerprint density at radius 2 is 1.15 bits per heavy atom. The maximum absolute atomic E-state index is 12.8. The molecule has 0 aliphatic carbocycles. The SMILES string of the molecule is CC(C)(C)[Si](OCc1ccc(C(=O)c2ccc(N)cc2)cc1)(c1ccccc1)c1ccccc1. The van der Waals surface area contributed by atoms with Crippen molar-refractivity contribution in [1.82, 2.24) is 0 Å². The van der Waals surface area contributed by atoms with E-state index in [0.717, 1.165) is 5.56 Å². The molecule has 0 aromatic heterocycles. The second kappa shape index (κ2) is 9.80. The largest absolute Gasteiger partial charge is 0.403 e. The third-order valence-electron chi connectivity index (χ3n) is 6.26. The molecule has 4 aromatic rings. The van der Waals surface area contributed by atoms with Crippen LogP contribution in [-0.4, -0.2) is 14.1 Å². The summed E-state index contributed by atoms with van der Waals surface area (Å²) in [6.07, 6.45) is 0. The van der Waals surface area contributed by atoms with Gasteiger partial charge in [0, 0.05) is 16.8 Å². The highest BCUT2D eigenvalue weighted by molar-refractivity contribution is 6.99. The summed E-state index contributed by atoms with van der Waals surface area (Å²) in [6.45, 7) is 7.29. The molecule has 0 aliphatic rings. The predicted octanol–water partition coefficient (Wildman–Crippen LogP) is 5.58. The van der Waals surface area contributed by atoms with Crippen molar-refractivity contribution in [3.05, 3.63) is 126 Å². The van der Waals surface area contributed by atoms with Gasteiger partial charge in [0.2, 0.25) is 0 Å². The van der Waals surface area contributed by atoms with Crippen LogP contribution in [0.3, 0.4) is 0 Å². The molecule has 0 aliphatic heterocycles. The fourth-order valence-electron chi connectivity index (χ4n) is 4.51. The number of hydrogen-bond donors (Lipinski definition) is 1. The van der Waals surface area contributed by atoms with Gasteiger partial charge in [-0.3, -0.25) is 4.79 Å². The molecule has 0 radical (unpaired) electrons. The summed E-state index contributed by atoms with van der Waals surface area (Å²) in [5.41, 5.74) is 8.72. The highest BCUT2D eigenvalue weighted by Gasteiger charge is 2.50. The Balaban J connectivity index is 1.63. The minimum atomic E-state index is -2.60. The summed E-state index contributed by atoms with van der Waals surface area (Å²) >= 11 is 0. The second-order valence-electron chi connectivity index (χ2n) is 9.60. The highest BCUT2D eigenvalue weighted by Crippen LogP contribution is 2.37. The third kappa shape index (κ3) is 4.74. The van der Waals surface area contributed by atoms with Crippen LogP contribution in [0.15, 0.2) is 109 Å². The van der Waals surface area contributed by atoms with Crippen LogP contribution in [0, 0.1) is 0 Å². The molecule has 0 saturated heterocycles. The molecule has 34 heavy (non-hydrogen) atoms. The van der Waals surface area contributed by atoms with Crippen LogP contribution < -0.4 is 16.1 Å². The number of nitrogens with two attached hydrogens (primary N) is 1. The normalized spacial score (nSPS) is 11.9. The van der Waals surface area contributed by atoms with Crippen LogP contribution in [-0.2, 0) is 11.0 Å². The maximum atomic E-state index is 12.8. The monoisotopic (exact) mass is 465 g/mol. The molecule has 172 valence electrons. The van der Waals surface area contributed by atoms with E-state index < -0.39 is 8.32 Å². The summed E-state index contributed by atoms with van der Waals surface area (Å²) in [5.74, 6) is -0.0144. The van der Waals surface area contributed by atoms with E-state index in [9.17, 15) is 4.79 Å². The van der Waals surface area contributed by atoms with Crippen LogP contribution >= 0.6 is 0 Å². The average molecular weight is 466 g/mol. The van der Waals surface area contributed by atoms with Crippen molar-refractivity contribution in [3.8, 4) is 0 Å². The van der Waals surface area contributed by atoms with Crippen molar-refractivity contribution >= 4 is 30.2 Å². The number of carbonyl (C=O) groups excluding carboxylic acids is 1. The lowest BCUT2D eigenvalue weighted by Gasteiger charge is -2.43. The van der Waals surface area contributed by atoms with Crippen molar-refractivity contribution < 1.29 is 9.22 Å². The Bertz CT molecular complexity index is 1190. The first-order valence-corrected chi connectivity index (χ1v) is 13.5. The van der Waals surface area contributed by atoms with Crippen molar-refractivity contribution in [2.24, 2.45) is 0 Å². The van der Waals surface area contributed by atoms with E-state index in [1.54, 1.807) is 24.3 Å². The molecular weight excluding hydrogens is 434 g/mol. The predicted molar refractivity (Wildman–Crippen MR) is 143 cm³/mol. The Hall–Kier alpha value is -3.47. The molecule has 0 heterocycles. The zero-order valence-corrected chi connectivity index (χ0v) is 21.0. The maximum Gasteiger partial charge on any atom is 0.261 e. The number of hydrogen-bond acceptors (Lipinski definition) is 3. The molecule has 0 spiro atoms. The van der Waals surface area contributed by atoms with Crippen LogP contribution in [0.2, 0.25) is 5.04 Å². The molecule has 0 amide bonds. The fraction of sp³-hybridized carbons (Fsp3) is 0.167.